The van der Waals surface area contributed by atoms with Crippen LogP contribution in [0.5, 0.6) is 0 Å². The molecule has 80 valence electrons. The SMILES string of the molecule is Cc1cccc2cc(-c3[nH]ncc3N)oc12. The Labute approximate surface area is 92.1 Å². The van der Waals surface area contributed by atoms with Crippen molar-refractivity contribution in [2.45, 2.75) is 6.92 Å². The summed E-state index contributed by atoms with van der Waals surface area (Å²) in [7, 11) is 0. The first-order valence-electron chi connectivity index (χ1n) is 5.04. The quantitative estimate of drug-likeness (QED) is 0.653. The van der Waals surface area contributed by atoms with E-state index in [1.54, 1.807) is 6.20 Å². The van der Waals surface area contributed by atoms with Crippen molar-refractivity contribution in [1.82, 2.24) is 10.2 Å². The molecule has 3 N–H and O–H groups in total. The van der Waals surface area contributed by atoms with E-state index in [1.165, 1.54) is 0 Å². The summed E-state index contributed by atoms with van der Waals surface area (Å²) < 4.78 is 5.77. The number of fused-ring (bicyclic) bond motifs is 1. The Bertz CT molecular complexity index is 651. The molecule has 1 aromatic carbocycles. The highest BCUT2D eigenvalue weighted by atomic mass is 16.3. The van der Waals surface area contributed by atoms with E-state index in [0.717, 1.165) is 28.0 Å². The highest BCUT2D eigenvalue weighted by molar-refractivity contribution is 5.86. The molecule has 4 heteroatoms. The Morgan fingerprint density at radius 1 is 1.38 bits per heavy atom. The maximum atomic E-state index is 5.78. The molecular weight excluding hydrogens is 202 g/mol. The molecule has 0 spiro atoms. The van der Waals surface area contributed by atoms with Crippen molar-refractivity contribution in [2.75, 3.05) is 5.73 Å². The van der Waals surface area contributed by atoms with Crippen molar-refractivity contribution in [1.29, 1.82) is 0 Å². The molecule has 16 heavy (non-hydrogen) atoms. The van der Waals surface area contributed by atoms with Crippen molar-refractivity contribution in [3.63, 3.8) is 0 Å². The second-order valence-electron chi connectivity index (χ2n) is 3.80. The van der Waals surface area contributed by atoms with E-state index in [4.69, 9.17) is 10.2 Å². The summed E-state index contributed by atoms with van der Waals surface area (Å²) in [6, 6.07) is 8.01. The van der Waals surface area contributed by atoms with Gasteiger partial charge in [-0.2, -0.15) is 5.10 Å². The summed E-state index contributed by atoms with van der Waals surface area (Å²) >= 11 is 0. The third kappa shape index (κ3) is 1.20. The molecule has 0 radical (unpaired) electrons. The van der Waals surface area contributed by atoms with Crippen LogP contribution in [0.1, 0.15) is 5.56 Å². The molecule has 0 saturated heterocycles. The van der Waals surface area contributed by atoms with Crippen LogP contribution in [-0.4, -0.2) is 10.2 Å². The van der Waals surface area contributed by atoms with Crippen LogP contribution in [0.25, 0.3) is 22.4 Å². The number of nitrogens with two attached hydrogens (primary N) is 1. The lowest BCUT2D eigenvalue weighted by molar-refractivity contribution is 0.626. The van der Waals surface area contributed by atoms with E-state index in [0.29, 0.717) is 5.69 Å². The zero-order valence-corrected chi connectivity index (χ0v) is 8.82. The monoisotopic (exact) mass is 213 g/mol. The van der Waals surface area contributed by atoms with Gasteiger partial charge < -0.3 is 10.2 Å². The van der Waals surface area contributed by atoms with Crippen molar-refractivity contribution in [2.24, 2.45) is 0 Å². The number of H-pyrrole nitrogens is 1. The number of aromatic nitrogens is 2. The van der Waals surface area contributed by atoms with Gasteiger partial charge in [0, 0.05) is 5.39 Å². The summed E-state index contributed by atoms with van der Waals surface area (Å²) in [4.78, 5) is 0. The van der Waals surface area contributed by atoms with Crippen molar-refractivity contribution in [3.05, 3.63) is 36.0 Å². The van der Waals surface area contributed by atoms with Gasteiger partial charge in [0.2, 0.25) is 0 Å². The Kier molecular flexibility index (Phi) is 1.77. The van der Waals surface area contributed by atoms with E-state index < -0.39 is 0 Å². The lowest BCUT2D eigenvalue weighted by Crippen LogP contribution is -1.84. The molecule has 2 aromatic heterocycles. The summed E-state index contributed by atoms with van der Waals surface area (Å²) in [6.45, 7) is 2.02. The molecule has 0 atom stereocenters. The average Bonchev–Trinajstić information content (AvgIpc) is 2.84. The van der Waals surface area contributed by atoms with E-state index in [1.807, 2.05) is 31.2 Å². The Morgan fingerprint density at radius 3 is 2.94 bits per heavy atom. The van der Waals surface area contributed by atoms with Crippen LogP contribution in [0.2, 0.25) is 0 Å². The molecule has 0 fully saturated rings. The number of para-hydroxylation sites is 1. The van der Waals surface area contributed by atoms with Crippen LogP contribution < -0.4 is 5.73 Å². The minimum atomic E-state index is 0.594. The van der Waals surface area contributed by atoms with Crippen LogP contribution in [0.4, 0.5) is 5.69 Å². The molecule has 2 heterocycles. The van der Waals surface area contributed by atoms with Crippen LogP contribution in [-0.2, 0) is 0 Å². The third-order valence-corrected chi connectivity index (χ3v) is 2.66. The fraction of sp³-hybridized carbons (Fsp3) is 0.0833. The molecule has 0 aliphatic rings. The molecule has 0 amide bonds. The first kappa shape index (κ1) is 9.03. The van der Waals surface area contributed by atoms with Crippen LogP contribution in [0, 0.1) is 6.92 Å². The van der Waals surface area contributed by atoms with Gasteiger partial charge in [0.1, 0.15) is 11.3 Å². The third-order valence-electron chi connectivity index (χ3n) is 2.66. The van der Waals surface area contributed by atoms with Gasteiger partial charge in [-0.3, -0.25) is 5.10 Å². The molecule has 0 saturated carbocycles. The fourth-order valence-corrected chi connectivity index (χ4v) is 1.82. The zero-order chi connectivity index (χ0) is 11.1. The fourth-order valence-electron chi connectivity index (χ4n) is 1.82. The highest BCUT2D eigenvalue weighted by Crippen LogP contribution is 2.30. The Hall–Kier alpha value is -2.23. The number of aryl methyl sites for hydroxylation is 1. The zero-order valence-electron chi connectivity index (χ0n) is 8.82. The highest BCUT2D eigenvalue weighted by Gasteiger charge is 2.11. The molecule has 3 aromatic rings. The average molecular weight is 213 g/mol. The maximum Gasteiger partial charge on any atom is 0.155 e. The number of aromatic amines is 1. The minimum Gasteiger partial charge on any atom is -0.454 e. The number of nitrogens with one attached hydrogen (secondary N) is 1. The minimum absolute atomic E-state index is 0.594. The first-order chi connectivity index (χ1) is 7.75. The van der Waals surface area contributed by atoms with Gasteiger partial charge in [0.25, 0.3) is 0 Å². The van der Waals surface area contributed by atoms with Crippen molar-refractivity contribution >= 4 is 16.7 Å². The summed E-state index contributed by atoms with van der Waals surface area (Å²) in [5.74, 6) is 0.722. The second-order valence-corrected chi connectivity index (χ2v) is 3.80. The predicted molar refractivity (Wildman–Crippen MR) is 62.9 cm³/mol. The maximum absolute atomic E-state index is 5.78. The first-order valence-corrected chi connectivity index (χ1v) is 5.04. The van der Waals surface area contributed by atoms with Gasteiger partial charge in [0.05, 0.1) is 11.9 Å². The van der Waals surface area contributed by atoms with E-state index in [2.05, 4.69) is 10.2 Å². The standard InChI is InChI=1S/C12H11N3O/c1-7-3-2-4-8-5-10(16-12(7)8)11-9(13)6-14-15-11/h2-6H,13H2,1H3,(H,14,15). The van der Waals surface area contributed by atoms with E-state index >= 15 is 0 Å². The van der Waals surface area contributed by atoms with Gasteiger partial charge >= 0.3 is 0 Å². The number of nitrogens with zero attached hydrogens (tertiary/aromatic N) is 1. The van der Waals surface area contributed by atoms with Crippen LogP contribution in [0.15, 0.2) is 34.9 Å². The van der Waals surface area contributed by atoms with Crippen LogP contribution in [0.3, 0.4) is 0 Å². The summed E-state index contributed by atoms with van der Waals surface area (Å²) in [5.41, 5.74) is 9.11. The number of nitrogen functional groups attached to an aromatic ring is 1. The molecule has 0 aliphatic carbocycles. The smallest absolute Gasteiger partial charge is 0.155 e. The molecule has 0 aliphatic heterocycles. The summed E-state index contributed by atoms with van der Waals surface area (Å²) in [6.07, 6.45) is 1.58. The predicted octanol–water partition coefficient (Wildman–Crippen LogP) is 2.71. The van der Waals surface area contributed by atoms with Crippen molar-refractivity contribution in [3.8, 4) is 11.5 Å². The van der Waals surface area contributed by atoms with Gasteiger partial charge in [-0.15, -0.1) is 0 Å². The molecule has 3 rings (SSSR count). The van der Waals surface area contributed by atoms with Gasteiger partial charge in [-0.05, 0) is 18.6 Å². The molecule has 0 unspecified atom stereocenters. The Balaban J connectivity index is 2.27. The molecule has 4 nitrogen and oxygen atoms in total. The summed E-state index contributed by atoms with van der Waals surface area (Å²) in [5, 5.41) is 7.79. The van der Waals surface area contributed by atoms with Crippen molar-refractivity contribution < 1.29 is 4.42 Å². The Morgan fingerprint density at radius 2 is 2.25 bits per heavy atom. The number of benzene rings is 1. The normalized spacial score (nSPS) is 11.1. The number of rotatable bonds is 1. The number of furan rings is 1. The molecular formula is C12H11N3O. The second kappa shape index (κ2) is 3.13. The van der Waals surface area contributed by atoms with E-state index in [9.17, 15) is 0 Å². The van der Waals surface area contributed by atoms with Gasteiger partial charge in [-0.1, -0.05) is 18.2 Å². The number of hydrogen-bond acceptors (Lipinski definition) is 3. The van der Waals surface area contributed by atoms with E-state index in [-0.39, 0.29) is 0 Å². The lowest BCUT2D eigenvalue weighted by atomic mass is 10.2. The number of anilines is 1. The largest absolute Gasteiger partial charge is 0.454 e. The lowest BCUT2D eigenvalue weighted by Gasteiger charge is -1.93. The van der Waals surface area contributed by atoms with Gasteiger partial charge in [0.15, 0.2) is 5.76 Å². The van der Waals surface area contributed by atoms with Crippen LogP contribution >= 0.6 is 0 Å². The number of hydrogen-bond donors (Lipinski definition) is 2. The molecule has 0 bridgehead atoms. The van der Waals surface area contributed by atoms with Gasteiger partial charge in [-0.25, -0.2) is 0 Å². The topological polar surface area (TPSA) is 67.8 Å².